The van der Waals surface area contributed by atoms with E-state index in [2.05, 4.69) is 5.10 Å². The first kappa shape index (κ1) is 12.6. The number of amides is 1. The molecule has 1 aromatic carbocycles. The molecule has 1 amide bonds. The second-order valence-electron chi connectivity index (χ2n) is 4.80. The van der Waals surface area contributed by atoms with E-state index in [1.165, 1.54) is 22.5 Å². The van der Waals surface area contributed by atoms with Crippen LogP contribution in [0.25, 0.3) is 0 Å². The molecule has 0 radical (unpaired) electrons. The molecule has 0 unspecified atom stereocenters. The van der Waals surface area contributed by atoms with E-state index in [4.69, 9.17) is 0 Å². The van der Waals surface area contributed by atoms with Crippen LogP contribution in [0.3, 0.4) is 0 Å². The molecule has 0 saturated heterocycles. The average Bonchev–Trinajstić information content (AvgIpc) is 2.49. The van der Waals surface area contributed by atoms with Gasteiger partial charge in [-0.1, -0.05) is 18.2 Å². The maximum Gasteiger partial charge on any atom is 0.267 e. The highest BCUT2D eigenvalue weighted by Gasteiger charge is 2.22. The van der Waals surface area contributed by atoms with Crippen molar-refractivity contribution in [1.29, 1.82) is 0 Å². The van der Waals surface area contributed by atoms with E-state index in [1.807, 2.05) is 24.3 Å². The van der Waals surface area contributed by atoms with E-state index < -0.39 is 0 Å². The Hall–Kier alpha value is -2.43. The fraction of sp³-hybridized carbons (Fsp3) is 0.267. The molecular weight excluding hydrogens is 254 g/mol. The van der Waals surface area contributed by atoms with E-state index in [1.54, 1.807) is 11.0 Å². The number of benzene rings is 1. The molecule has 3 rings (SSSR count). The van der Waals surface area contributed by atoms with Crippen molar-refractivity contribution in [1.82, 2.24) is 9.78 Å². The number of carbonyl (C=O) groups excluding carboxylic acids is 1. The standard InChI is InChI=1S/C15H15N3O2/c19-14-8-3-9-16-18(14)11-15(20)17-10-4-6-12-5-1-2-7-13(12)17/h1-3,5,7-9H,4,6,10-11H2. The number of para-hydroxylation sites is 1. The third-order valence-electron chi connectivity index (χ3n) is 3.48. The summed E-state index contributed by atoms with van der Waals surface area (Å²) in [5, 5.41) is 3.93. The fourth-order valence-electron chi connectivity index (χ4n) is 2.51. The number of hydrogen-bond acceptors (Lipinski definition) is 3. The van der Waals surface area contributed by atoms with Crippen molar-refractivity contribution >= 4 is 11.6 Å². The lowest BCUT2D eigenvalue weighted by molar-refractivity contribution is -0.119. The highest BCUT2D eigenvalue weighted by atomic mass is 16.2. The zero-order chi connectivity index (χ0) is 13.9. The first-order valence-electron chi connectivity index (χ1n) is 6.66. The highest BCUT2D eigenvalue weighted by molar-refractivity contribution is 5.94. The molecule has 2 heterocycles. The summed E-state index contributed by atoms with van der Waals surface area (Å²) < 4.78 is 1.19. The van der Waals surface area contributed by atoms with Crippen LogP contribution in [0.15, 0.2) is 47.4 Å². The monoisotopic (exact) mass is 269 g/mol. The molecule has 1 aliphatic heterocycles. The Morgan fingerprint density at radius 3 is 2.90 bits per heavy atom. The minimum Gasteiger partial charge on any atom is -0.311 e. The van der Waals surface area contributed by atoms with Crippen LogP contribution >= 0.6 is 0 Å². The number of rotatable bonds is 2. The van der Waals surface area contributed by atoms with Gasteiger partial charge < -0.3 is 4.90 Å². The second kappa shape index (κ2) is 5.28. The van der Waals surface area contributed by atoms with Gasteiger partial charge in [0.05, 0.1) is 0 Å². The topological polar surface area (TPSA) is 55.2 Å². The van der Waals surface area contributed by atoms with Gasteiger partial charge in [-0.25, -0.2) is 4.68 Å². The van der Waals surface area contributed by atoms with E-state index in [9.17, 15) is 9.59 Å². The van der Waals surface area contributed by atoms with Gasteiger partial charge in [0, 0.05) is 24.5 Å². The third-order valence-corrected chi connectivity index (χ3v) is 3.48. The Morgan fingerprint density at radius 1 is 1.20 bits per heavy atom. The first-order chi connectivity index (χ1) is 9.75. The first-order valence-corrected chi connectivity index (χ1v) is 6.66. The molecule has 0 saturated carbocycles. The molecule has 0 atom stereocenters. The number of nitrogens with zero attached hydrogens (tertiary/aromatic N) is 3. The van der Waals surface area contributed by atoms with Gasteiger partial charge in [0.1, 0.15) is 6.54 Å². The normalized spacial score (nSPS) is 13.9. The third kappa shape index (κ3) is 2.34. The van der Waals surface area contributed by atoms with Crippen LogP contribution in [0.5, 0.6) is 0 Å². The van der Waals surface area contributed by atoms with Gasteiger partial charge in [0.2, 0.25) is 5.91 Å². The van der Waals surface area contributed by atoms with Gasteiger partial charge >= 0.3 is 0 Å². The van der Waals surface area contributed by atoms with E-state index >= 15 is 0 Å². The fourth-order valence-corrected chi connectivity index (χ4v) is 2.51. The Labute approximate surface area is 116 Å². The van der Waals surface area contributed by atoms with Crippen LogP contribution in [0.1, 0.15) is 12.0 Å². The van der Waals surface area contributed by atoms with Crippen molar-refractivity contribution in [3.8, 4) is 0 Å². The zero-order valence-corrected chi connectivity index (χ0v) is 11.0. The van der Waals surface area contributed by atoms with Crippen LogP contribution in [0.2, 0.25) is 0 Å². The Kier molecular flexibility index (Phi) is 3.33. The van der Waals surface area contributed by atoms with Crippen LogP contribution in [-0.2, 0) is 17.8 Å². The van der Waals surface area contributed by atoms with E-state index in [0.717, 1.165) is 18.5 Å². The Bertz CT molecular complexity index is 693. The molecule has 0 fully saturated rings. The molecule has 2 aromatic rings. The SMILES string of the molecule is O=C(Cn1ncccc1=O)N1CCCc2ccccc21. The largest absolute Gasteiger partial charge is 0.311 e. The summed E-state index contributed by atoms with van der Waals surface area (Å²) in [7, 11) is 0. The van der Waals surface area contributed by atoms with Gasteiger partial charge in [-0.05, 0) is 30.5 Å². The summed E-state index contributed by atoms with van der Waals surface area (Å²) in [6.45, 7) is 0.672. The van der Waals surface area contributed by atoms with Gasteiger partial charge in [-0.3, -0.25) is 9.59 Å². The Morgan fingerprint density at radius 2 is 2.05 bits per heavy atom. The second-order valence-corrected chi connectivity index (χ2v) is 4.80. The van der Waals surface area contributed by atoms with Gasteiger partial charge in [-0.2, -0.15) is 5.10 Å². The summed E-state index contributed by atoms with van der Waals surface area (Å²) in [6, 6.07) is 10.9. The predicted molar refractivity (Wildman–Crippen MR) is 75.6 cm³/mol. The number of fused-ring (bicyclic) bond motifs is 1. The van der Waals surface area contributed by atoms with Gasteiger partial charge in [-0.15, -0.1) is 0 Å². The molecule has 1 aliphatic rings. The minimum absolute atomic E-state index is 0.0198. The average molecular weight is 269 g/mol. The number of aromatic nitrogens is 2. The number of aryl methyl sites for hydroxylation is 1. The van der Waals surface area contributed by atoms with Crippen molar-refractivity contribution in [3.63, 3.8) is 0 Å². The van der Waals surface area contributed by atoms with Crippen LogP contribution in [0.4, 0.5) is 5.69 Å². The molecule has 102 valence electrons. The number of carbonyl (C=O) groups is 1. The van der Waals surface area contributed by atoms with Crippen molar-refractivity contribution in [2.75, 3.05) is 11.4 Å². The van der Waals surface area contributed by atoms with Crippen molar-refractivity contribution in [2.45, 2.75) is 19.4 Å². The summed E-state index contributed by atoms with van der Waals surface area (Å²) in [6.07, 6.45) is 3.45. The van der Waals surface area contributed by atoms with Crippen LogP contribution in [-0.4, -0.2) is 22.2 Å². The summed E-state index contributed by atoms with van der Waals surface area (Å²) in [5.41, 5.74) is 1.87. The number of hydrogen-bond donors (Lipinski definition) is 0. The molecule has 5 heteroatoms. The van der Waals surface area contributed by atoms with Crippen molar-refractivity contribution in [2.24, 2.45) is 0 Å². The van der Waals surface area contributed by atoms with Crippen molar-refractivity contribution in [3.05, 3.63) is 58.5 Å². The van der Waals surface area contributed by atoms with E-state index in [0.29, 0.717) is 6.54 Å². The summed E-state index contributed by atoms with van der Waals surface area (Å²) >= 11 is 0. The molecule has 0 N–H and O–H groups in total. The van der Waals surface area contributed by atoms with Crippen LogP contribution in [0, 0.1) is 0 Å². The molecule has 0 bridgehead atoms. The smallest absolute Gasteiger partial charge is 0.267 e. The van der Waals surface area contributed by atoms with E-state index in [-0.39, 0.29) is 18.0 Å². The maximum absolute atomic E-state index is 12.4. The molecule has 1 aromatic heterocycles. The minimum atomic E-state index is -0.258. The molecule has 0 aliphatic carbocycles. The zero-order valence-electron chi connectivity index (χ0n) is 11.0. The van der Waals surface area contributed by atoms with Crippen LogP contribution < -0.4 is 10.5 Å². The van der Waals surface area contributed by atoms with Gasteiger partial charge in [0.25, 0.3) is 5.56 Å². The predicted octanol–water partition coefficient (Wildman–Crippen LogP) is 1.22. The Balaban J connectivity index is 1.86. The summed E-state index contributed by atoms with van der Waals surface area (Å²) in [5.74, 6) is -0.0991. The lowest BCUT2D eigenvalue weighted by Crippen LogP contribution is -2.40. The van der Waals surface area contributed by atoms with Crippen molar-refractivity contribution < 1.29 is 4.79 Å². The lowest BCUT2D eigenvalue weighted by Gasteiger charge is -2.29. The molecular formula is C15H15N3O2. The lowest BCUT2D eigenvalue weighted by atomic mass is 10.0. The van der Waals surface area contributed by atoms with Gasteiger partial charge in [0.15, 0.2) is 0 Å². The number of anilines is 1. The maximum atomic E-state index is 12.4. The summed E-state index contributed by atoms with van der Waals surface area (Å²) in [4.78, 5) is 25.8. The highest BCUT2D eigenvalue weighted by Crippen LogP contribution is 2.26. The molecule has 20 heavy (non-hydrogen) atoms. The molecule has 5 nitrogen and oxygen atoms in total. The quantitative estimate of drug-likeness (QED) is 0.823. The molecule has 0 spiro atoms.